The summed E-state index contributed by atoms with van der Waals surface area (Å²) in [4.78, 5) is 4.06. The number of thiocarbonyl (C=S) groups is 1. The van der Waals surface area contributed by atoms with Crippen molar-refractivity contribution in [1.82, 2.24) is 14.9 Å². The second-order valence-corrected chi connectivity index (χ2v) is 6.65. The average molecular weight is 390 g/mol. The van der Waals surface area contributed by atoms with Gasteiger partial charge in [-0.3, -0.25) is 0 Å². The molecular formula is C14H11BrF3N3S. The number of nitrogens with one attached hydrogen (secondary N) is 1. The molecule has 8 heteroatoms. The van der Waals surface area contributed by atoms with E-state index in [1.807, 2.05) is 0 Å². The van der Waals surface area contributed by atoms with Gasteiger partial charge in [-0.25, -0.2) is 18.2 Å². The Morgan fingerprint density at radius 2 is 2.18 bits per heavy atom. The predicted octanol–water partition coefficient (Wildman–Crippen LogP) is 3.92. The van der Waals surface area contributed by atoms with Crippen LogP contribution in [0.3, 0.4) is 0 Å². The van der Waals surface area contributed by atoms with Crippen molar-refractivity contribution in [2.45, 2.75) is 25.4 Å². The summed E-state index contributed by atoms with van der Waals surface area (Å²) in [5, 5.41) is 3.03. The highest BCUT2D eigenvalue weighted by atomic mass is 79.9. The van der Waals surface area contributed by atoms with E-state index in [4.69, 9.17) is 12.2 Å². The molecule has 3 rings (SSSR count). The van der Waals surface area contributed by atoms with Gasteiger partial charge in [-0.05, 0) is 25.1 Å². The van der Waals surface area contributed by atoms with Gasteiger partial charge in [-0.2, -0.15) is 0 Å². The zero-order valence-corrected chi connectivity index (χ0v) is 13.8. The van der Waals surface area contributed by atoms with Crippen LogP contribution in [0.15, 0.2) is 28.9 Å². The number of imidazole rings is 1. The predicted molar refractivity (Wildman–Crippen MR) is 83.5 cm³/mol. The molecular weight excluding hydrogens is 379 g/mol. The van der Waals surface area contributed by atoms with Gasteiger partial charge in [0, 0.05) is 16.2 Å². The first-order valence-corrected chi connectivity index (χ1v) is 7.63. The van der Waals surface area contributed by atoms with Crippen LogP contribution < -0.4 is 5.32 Å². The van der Waals surface area contributed by atoms with Gasteiger partial charge in [-0.1, -0.05) is 28.1 Å². The number of rotatable bonds is 2. The van der Waals surface area contributed by atoms with Crippen molar-refractivity contribution in [3.8, 4) is 0 Å². The minimum absolute atomic E-state index is 0.222. The molecule has 0 saturated carbocycles. The molecule has 3 nitrogen and oxygen atoms in total. The summed E-state index contributed by atoms with van der Waals surface area (Å²) in [6, 6.07) is 4.60. The Morgan fingerprint density at radius 3 is 2.86 bits per heavy atom. The van der Waals surface area contributed by atoms with Gasteiger partial charge >= 0.3 is 0 Å². The minimum atomic E-state index is -2.67. The van der Waals surface area contributed by atoms with E-state index in [1.54, 1.807) is 23.6 Å². The Labute approximate surface area is 138 Å². The molecule has 1 aromatic heterocycles. The molecule has 1 aliphatic rings. The van der Waals surface area contributed by atoms with Crippen molar-refractivity contribution < 1.29 is 13.2 Å². The Hall–Kier alpha value is -1.41. The second kappa shape index (κ2) is 5.34. The normalized spacial score (nSPS) is 20.9. The second-order valence-electron chi connectivity index (χ2n) is 5.33. The first-order chi connectivity index (χ1) is 10.3. The molecule has 0 amide bonds. The van der Waals surface area contributed by atoms with E-state index >= 15 is 0 Å². The fourth-order valence-corrected chi connectivity index (χ4v) is 3.35. The van der Waals surface area contributed by atoms with Gasteiger partial charge in [0.15, 0.2) is 5.82 Å². The van der Waals surface area contributed by atoms with E-state index < -0.39 is 17.8 Å². The lowest BCUT2D eigenvalue weighted by Crippen LogP contribution is -2.51. The Bertz CT molecular complexity index is 762. The molecule has 1 atom stereocenters. The highest BCUT2D eigenvalue weighted by Gasteiger charge is 2.37. The van der Waals surface area contributed by atoms with Crippen molar-refractivity contribution in [3.63, 3.8) is 0 Å². The number of hydrogen-bond acceptors (Lipinski definition) is 2. The zero-order valence-electron chi connectivity index (χ0n) is 11.4. The molecule has 0 spiro atoms. The summed E-state index contributed by atoms with van der Waals surface area (Å²) in [7, 11) is 0. The number of nitrogens with zero attached hydrogens (tertiary/aromatic N) is 2. The fraction of sp³-hybridized carbons (Fsp3) is 0.286. The molecule has 0 radical (unpaired) electrons. The molecule has 1 unspecified atom stereocenters. The third kappa shape index (κ3) is 2.54. The van der Waals surface area contributed by atoms with E-state index in [2.05, 4.69) is 26.2 Å². The molecule has 0 aliphatic carbocycles. The Balaban J connectivity index is 2.07. The maximum Gasteiger partial charge on any atom is 0.281 e. The van der Waals surface area contributed by atoms with E-state index in [9.17, 15) is 13.2 Å². The average Bonchev–Trinajstić information content (AvgIpc) is 2.85. The summed E-state index contributed by atoms with van der Waals surface area (Å²) >= 11 is 8.52. The summed E-state index contributed by atoms with van der Waals surface area (Å²) in [6.45, 7) is 2.02. The highest BCUT2D eigenvalue weighted by Crippen LogP contribution is 2.32. The van der Waals surface area contributed by atoms with E-state index in [0.717, 1.165) is 4.47 Å². The maximum atomic E-state index is 14.2. The number of hydrogen-bond donors (Lipinski definition) is 1. The molecule has 2 aromatic rings. The first kappa shape index (κ1) is 15.5. The van der Waals surface area contributed by atoms with Crippen molar-refractivity contribution in [2.75, 3.05) is 0 Å². The lowest BCUT2D eigenvalue weighted by Gasteiger charge is -2.37. The van der Waals surface area contributed by atoms with E-state index in [1.165, 1.54) is 12.3 Å². The SMILES string of the molecule is CC1(c2cc(Br)ccc2F)Cn2cc(C(F)F)nc2C(=S)N1. The van der Waals surface area contributed by atoms with Gasteiger partial charge in [0.2, 0.25) is 0 Å². The van der Waals surface area contributed by atoms with Gasteiger partial charge in [0.1, 0.15) is 16.5 Å². The van der Waals surface area contributed by atoms with E-state index in [0.29, 0.717) is 5.56 Å². The van der Waals surface area contributed by atoms with Crippen molar-refractivity contribution in [1.29, 1.82) is 0 Å². The molecule has 1 N–H and O–H groups in total. The van der Waals surface area contributed by atoms with Crippen molar-refractivity contribution in [3.05, 3.63) is 51.8 Å². The largest absolute Gasteiger partial charge is 0.362 e. The van der Waals surface area contributed by atoms with Crippen molar-refractivity contribution >= 4 is 33.1 Å². The van der Waals surface area contributed by atoms with E-state index in [-0.39, 0.29) is 23.1 Å². The van der Waals surface area contributed by atoms with Crippen LogP contribution in [0.25, 0.3) is 0 Å². The molecule has 1 aromatic carbocycles. The standard InChI is InChI=1S/C14H11BrF3N3S/c1-14(8-4-7(15)2-3-9(8)16)6-21-5-10(11(17)18)19-12(21)13(22)20-14/h2-5,11H,6H2,1H3,(H,20,22). The van der Waals surface area contributed by atoms with Crippen LogP contribution in [0.5, 0.6) is 0 Å². The van der Waals surface area contributed by atoms with Gasteiger partial charge in [0.05, 0.1) is 12.1 Å². The first-order valence-electron chi connectivity index (χ1n) is 6.43. The van der Waals surface area contributed by atoms with Crippen molar-refractivity contribution in [2.24, 2.45) is 0 Å². The van der Waals surface area contributed by atoms with Crippen LogP contribution in [0.4, 0.5) is 13.2 Å². The number of benzene rings is 1. The van der Waals surface area contributed by atoms with Crippen LogP contribution in [-0.4, -0.2) is 14.5 Å². The smallest absolute Gasteiger partial charge is 0.281 e. The summed E-state index contributed by atoms with van der Waals surface area (Å²) in [5.41, 5.74) is -0.779. The topological polar surface area (TPSA) is 29.9 Å². The monoisotopic (exact) mass is 389 g/mol. The van der Waals surface area contributed by atoms with Gasteiger partial charge in [0.25, 0.3) is 6.43 Å². The molecule has 0 saturated heterocycles. The van der Waals surface area contributed by atoms with Gasteiger partial charge in [-0.15, -0.1) is 0 Å². The third-order valence-corrected chi connectivity index (χ3v) is 4.40. The zero-order chi connectivity index (χ0) is 16.1. The lowest BCUT2D eigenvalue weighted by atomic mass is 9.90. The van der Waals surface area contributed by atoms with Gasteiger partial charge < -0.3 is 9.88 Å². The molecule has 0 fully saturated rings. The van der Waals surface area contributed by atoms with Crippen LogP contribution in [0.2, 0.25) is 0 Å². The number of halogens is 4. The fourth-order valence-electron chi connectivity index (χ4n) is 2.60. The Morgan fingerprint density at radius 1 is 1.45 bits per heavy atom. The molecule has 116 valence electrons. The highest BCUT2D eigenvalue weighted by molar-refractivity contribution is 9.10. The molecule has 0 bridgehead atoms. The van der Waals surface area contributed by atoms with Crippen LogP contribution in [-0.2, 0) is 12.1 Å². The quantitative estimate of drug-likeness (QED) is 0.789. The summed E-state index contributed by atoms with van der Waals surface area (Å²) in [6.07, 6.45) is -1.41. The summed E-state index contributed by atoms with van der Waals surface area (Å²) < 4.78 is 42.1. The van der Waals surface area contributed by atoms with Crippen LogP contribution in [0, 0.1) is 5.82 Å². The maximum absolute atomic E-state index is 14.2. The number of alkyl halides is 2. The lowest BCUT2D eigenvalue weighted by molar-refractivity contribution is 0.146. The molecule has 1 aliphatic heterocycles. The number of aromatic nitrogens is 2. The minimum Gasteiger partial charge on any atom is -0.362 e. The molecule has 22 heavy (non-hydrogen) atoms. The molecule has 2 heterocycles. The van der Waals surface area contributed by atoms with Crippen LogP contribution in [0.1, 0.15) is 30.4 Å². The summed E-state index contributed by atoms with van der Waals surface area (Å²) in [5.74, 6) is -0.114. The Kier molecular flexibility index (Phi) is 3.76. The van der Waals surface area contributed by atoms with Crippen LogP contribution >= 0.6 is 28.1 Å². The third-order valence-electron chi connectivity index (χ3n) is 3.62. The number of fused-ring (bicyclic) bond motifs is 1.